The van der Waals surface area contributed by atoms with Gasteiger partial charge in [0, 0.05) is 24.7 Å². The minimum Gasteiger partial charge on any atom is -0.497 e. The van der Waals surface area contributed by atoms with Gasteiger partial charge in [-0.15, -0.1) is 0 Å². The number of thioether (sulfide) groups is 1. The van der Waals surface area contributed by atoms with Crippen molar-refractivity contribution in [2.45, 2.75) is 18.6 Å². The molecule has 2 aromatic rings. The van der Waals surface area contributed by atoms with Crippen molar-refractivity contribution in [1.82, 2.24) is 4.90 Å². The highest BCUT2D eigenvalue weighted by Gasteiger charge is 2.35. The molecule has 1 aliphatic rings. The lowest BCUT2D eigenvalue weighted by Crippen LogP contribution is -2.45. The van der Waals surface area contributed by atoms with Crippen LogP contribution in [0.15, 0.2) is 53.5 Å². The lowest BCUT2D eigenvalue weighted by atomic mass is 10.2. The van der Waals surface area contributed by atoms with E-state index >= 15 is 0 Å². The molecule has 1 aliphatic heterocycles. The second kappa shape index (κ2) is 9.47. The maximum atomic E-state index is 12.8. The van der Waals surface area contributed by atoms with E-state index in [9.17, 15) is 9.59 Å². The fraction of sp³-hybridized carbons (Fsp3) is 0.286. The van der Waals surface area contributed by atoms with E-state index in [1.54, 1.807) is 49.5 Å². The Morgan fingerprint density at radius 1 is 1.21 bits per heavy atom. The number of hydrogen-bond donors (Lipinski definition) is 1. The Morgan fingerprint density at radius 2 is 2.00 bits per heavy atom. The van der Waals surface area contributed by atoms with Gasteiger partial charge in [-0.05, 0) is 31.2 Å². The van der Waals surface area contributed by atoms with Crippen molar-refractivity contribution in [3.05, 3.63) is 48.5 Å². The maximum absolute atomic E-state index is 12.8. The second-order valence-electron chi connectivity index (χ2n) is 6.24. The van der Waals surface area contributed by atoms with Crippen LogP contribution >= 0.6 is 11.8 Å². The van der Waals surface area contributed by atoms with Crippen LogP contribution in [0.4, 0.5) is 11.4 Å². The molecule has 1 saturated heterocycles. The molecule has 0 bridgehead atoms. The third-order valence-corrected chi connectivity index (χ3v) is 5.57. The first-order valence-corrected chi connectivity index (χ1v) is 10.1. The number of carbonyl (C=O) groups excluding carboxylic acids is 2. The Hall–Kier alpha value is -3.00. The van der Waals surface area contributed by atoms with Crippen LogP contribution < -0.4 is 14.8 Å². The molecule has 0 spiro atoms. The topological polar surface area (TPSA) is 80.2 Å². The third kappa shape index (κ3) is 4.89. The van der Waals surface area contributed by atoms with Crippen molar-refractivity contribution in [2.75, 3.05) is 26.1 Å². The molecule has 29 heavy (non-hydrogen) atoms. The highest BCUT2D eigenvalue weighted by atomic mass is 32.2. The van der Waals surface area contributed by atoms with Crippen molar-refractivity contribution in [3.8, 4) is 11.5 Å². The summed E-state index contributed by atoms with van der Waals surface area (Å²) in [6.45, 7) is 2.36. The molecule has 1 fully saturated rings. The number of nitrogens with zero attached hydrogens (tertiary/aromatic N) is 2. The maximum Gasteiger partial charge on any atom is 0.238 e. The minimum absolute atomic E-state index is 0.110. The van der Waals surface area contributed by atoms with Gasteiger partial charge in [0.05, 0.1) is 14.2 Å². The van der Waals surface area contributed by atoms with E-state index in [1.165, 1.54) is 11.8 Å². The first-order valence-electron chi connectivity index (χ1n) is 9.19. The quantitative estimate of drug-likeness (QED) is 0.781. The number of carbonyl (C=O) groups is 2. The summed E-state index contributed by atoms with van der Waals surface area (Å²) in [5, 5.41) is 2.76. The standard InChI is InChI=1S/C21H23N3O4S/c1-4-24-19(25)13-18(20(26)22-14-8-7-9-15(12-14)27-2)29-21(24)23-16-10-5-6-11-17(16)28-3/h5-12,18H,4,13H2,1-3H3,(H,22,26). The van der Waals surface area contributed by atoms with E-state index in [0.29, 0.717) is 34.6 Å². The molecule has 0 radical (unpaired) electrons. The highest BCUT2D eigenvalue weighted by molar-refractivity contribution is 8.15. The molecule has 3 rings (SSSR count). The van der Waals surface area contributed by atoms with Gasteiger partial charge in [-0.25, -0.2) is 4.99 Å². The Morgan fingerprint density at radius 3 is 2.72 bits per heavy atom. The summed E-state index contributed by atoms with van der Waals surface area (Å²) in [5.74, 6) is 0.864. The Balaban J connectivity index is 1.83. The molecule has 0 saturated carbocycles. The number of hydrogen-bond acceptors (Lipinski definition) is 6. The number of nitrogens with one attached hydrogen (secondary N) is 1. The number of ether oxygens (including phenoxy) is 2. The van der Waals surface area contributed by atoms with E-state index in [1.807, 2.05) is 25.1 Å². The van der Waals surface area contributed by atoms with Gasteiger partial charge in [-0.2, -0.15) is 0 Å². The number of amides is 2. The Kier molecular flexibility index (Phi) is 6.77. The predicted molar refractivity (Wildman–Crippen MR) is 115 cm³/mol. The summed E-state index contributed by atoms with van der Waals surface area (Å²) in [7, 11) is 3.14. The van der Waals surface area contributed by atoms with Crippen LogP contribution in [0.3, 0.4) is 0 Å². The van der Waals surface area contributed by atoms with E-state index in [2.05, 4.69) is 10.3 Å². The SMILES string of the molecule is CCN1C(=O)CC(C(=O)Nc2cccc(OC)c2)SC1=Nc1ccccc1OC. The fourth-order valence-corrected chi connectivity index (χ4v) is 4.06. The Bertz CT molecular complexity index is 932. The molecule has 2 aromatic carbocycles. The average Bonchev–Trinajstić information content (AvgIpc) is 2.74. The van der Waals surface area contributed by atoms with Crippen molar-refractivity contribution in [1.29, 1.82) is 0 Å². The van der Waals surface area contributed by atoms with Crippen LogP contribution in [0.25, 0.3) is 0 Å². The van der Waals surface area contributed by atoms with Crippen LogP contribution in [0.2, 0.25) is 0 Å². The first-order chi connectivity index (χ1) is 14.0. The zero-order chi connectivity index (χ0) is 20.8. The van der Waals surface area contributed by atoms with E-state index in [0.717, 1.165) is 0 Å². The monoisotopic (exact) mass is 413 g/mol. The lowest BCUT2D eigenvalue weighted by Gasteiger charge is -2.31. The number of benzene rings is 2. The van der Waals surface area contributed by atoms with Crippen LogP contribution in [0, 0.1) is 0 Å². The van der Waals surface area contributed by atoms with Gasteiger partial charge in [0.25, 0.3) is 0 Å². The fourth-order valence-electron chi connectivity index (χ4n) is 2.90. The number of methoxy groups -OCH3 is 2. The Labute approximate surface area is 174 Å². The number of aliphatic imine (C=N–C) groups is 1. The van der Waals surface area contributed by atoms with Crippen molar-refractivity contribution < 1.29 is 19.1 Å². The zero-order valence-electron chi connectivity index (χ0n) is 16.5. The van der Waals surface area contributed by atoms with Gasteiger partial charge in [0.1, 0.15) is 22.4 Å². The van der Waals surface area contributed by atoms with Crippen LogP contribution in [0.5, 0.6) is 11.5 Å². The van der Waals surface area contributed by atoms with Gasteiger partial charge in [-0.1, -0.05) is 30.0 Å². The van der Waals surface area contributed by atoms with Gasteiger partial charge in [-0.3, -0.25) is 14.5 Å². The zero-order valence-corrected chi connectivity index (χ0v) is 17.4. The van der Waals surface area contributed by atoms with E-state index in [4.69, 9.17) is 9.47 Å². The molecular formula is C21H23N3O4S. The first kappa shape index (κ1) is 20.7. The van der Waals surface area contributed by atoms with Gasteiger partial charge >= 0.3 is 0 Å². The van der Waals surface area contributed by atoms with Crippen LogP contribution in [-0.4, -0.2) is 47.9 Å². The number of amidine groups is 1. The molecule has 8 heteroatoms. The van der Waals surface area contributed by atoms with Crippen LogP contribution in [0.1, 0.15) is 13.3 Å². The summed E-state index contributed by atoms with van der Waals surface area (Å²) < 4.78 is 10.5. The normalized spacial score (nSPS) is 17.9. The summed E-state index contributed by atoms with van der Waals surface area (Å²) in [5.41, 5.74) is 1.22. The molecule has 1 heterocycles. The summed E-state index contributed by atoms with van der Waals surface area (Å²) in [6.07, 6.45) is 0.110. The lowest BCUT2D eigenvalue weighted by molar-refractivity contribution is -0.129. The predicted octanol–water partition coefficient (Wildman–Crippen LogP) is 3.68. The largest absolute Gasteiger partial charge is 0.497 e. The highest BCUT2D eigenvalue weighted by Crippen LogP contribution is 2.33. The number of para-hydroxylation sites is 2. The number of anilines is 1. The molecular weight excluding hydrogens is 390 g/mol. The molecule has 7 nitrogen and oxygen atoms in total. The molecule has 1 unspecified atom stereocenters. The van der Waals surface area contributed by atoms with Crippen molar-refractivity contribution in [3.63, 3.8) is 0 Å². The average molecular weight is 413 g/mol. The third-order valence-electron chi connectivity index (χ3n) is 4.39. The van der Waals surface area contributed by atoms with Crippen molar-refractivity contribution >= 4 is 40.1 Å². The van der Waals surface area contributed by atoms with Gasteiger partial charge in [0.15, 0.2) is 5.17 Å². The van der Waals surface area contributed by atoms with E-state index in [-0.39, 0.29) is 18.2 Å². The second-order valence-corrected chi connectivity index (χ2v) is 7.41. The van der Waals surface area contributed by atoms with E-state index < -0.39 is 5.25 Å². The summed E-state index contributed by atoms with van der Waals surface area (Å²) in [6, 6.07) is 14.4. The van der Waals surface area contributed by atoms with Gasteiger partial charge < -0.3 is 14.8 Å². The molecule has 0 aromatic heterocycles. The molecule has 152 valence electrons. The van der Waals surface area contributed by atoms with Crippen molar-refractivity contribution in [2.24, 2.45) is 4.99 Å². The molecule has 2 amide bonds. The summed E-state index contributed by atoms with van der Waals surface area (Å²) in [4.78, 5) is 31.7. The number of rotatable bonds is 6. The molecule has 0 aliphatic carbocycles. The summed E-state index contributed by atoms with van der Waals surface area (Å²) >= 11 is 1.28. The smallest absolute Gasteiger partial charge is 0.238 e. The molecule has 1 N–H and O–H groups in total. The van der Waals surface area contributed by atoms with Gasteiger partial charge in [0.2, 0.25) is 11.8 Å². The minimum atomic E-state index is -0.579. The van der Waals surface area contributed by atoms with Crippen LogP contribution in [-0.2, 0) is 9.59 Å². The molecule has 1 atom stereocenters.